The van der Waals surface area contributed by atoms with Gasteiger partial charge in [0.15, 0.2) is 0 Å². The van der Waals surface area contributed by atoms with Crippen LogP contribution in [-0.4, -0.2) is 19.0 Å². The summed E-state index contributed by atoms with van der Waals surface area (Å²) in [5.41, 5.74) is 0. The van der Waals surface area contributed by atoms with Crippen molar-refractivity contribution in [3.63, 3.8) is 0 Å². The molecule has 0 amide bonds. The molecule has 64 valence electrons. The fraction of sp³-hybridized carbons (Fsp3) is 0.429. The van der Waals surface area contributed by atoms with Gasteiger partial charge in [0, 0.05) is 11.4 Å². The second kappa shape index (κ2) is 5.14. The molecule has 0 N–H and O–H groups in total. The van der Waals surface area contributed by atoms with Crippen LogP contribution < -0.4 is 0 Å². The van der Waals surface area contributed by atoms with E-state index in [1.54, 1.807) is 11.3 Å². The van der Waals surface area contributed by atoms with Crippen LogP contribution in [0.25, 0.3) is 0 Å². The van der Waals surface area contributed by atoms with Crippen LogP contribution in [0.15, 0.2) is 15.9 Å². The van der Waals surface area contributed by atoms with Crippen molar-refractivity contribution in [1.82, 2.24) is 4.90 Å². The summed E-state index contributed by atoms with van der Waals surface area (Å²) >= 11 is 5.21. The average molecular weight is 257 g/mol. The Morgan fingerprint density at radius 3 is 2.45 bits per heavy atom. The molecule has 0 saturated carbocycles. The van der Waals surface area contributed by atoms with Gasteiger partial charge in [0.05, 0.1) is 3.79 Å². The van der Waals surface area contributed by atoms with Crippen LogP contribution in [0, 0.1) is 0 Å². The van der Waals surface area contributed by atoms with Gasteiger partial charge in [0.1, 0.15) is 0 Å². The van der Waals surface area contributed by atoms with Gasteiger partial charge in [-0.2, -0.15) is 0 Å². The highest BCUT2D eigenvalue weighted by Crippen LogP contribution is 2.22. The molecule has 0 atom stereocenters. The first-order chi connectivity index (χ1) is 4.68. The van der Waals surface area contributed by atoms with E-state index in [1.165, 1.54) is 8.66 Å². The van der Waals surface area contributed by atoms with Crippen LogP contribution in [0.1, 0.15) is 4.88 Å². The Bertz CT molecular complexity index is 212. The van der Waals surface area contributed by atoms with Crippen LogP contribution >= 0.6 is 39.7 Å². The van der Waals surface area contributed by atoms with E-state index in [1.807, 2.05) is 0 Å². The van der Waals surface area contributed by atoms with E-state index in [-0.39, 0.29) is 12.4 Å². The van der Waals surface area contributed by atoms with Crippen molar-refractivity contribution in [3.05, 3.63) is 20.8 Å². The second-order valence-electron chi connectivity index (χ2n) is 2.44. The Morgan fingerprint density at radius 2 is 2.09 bits per heavy atom. The van der Waals surface area contributed by atoms with Crippen LogP contribution in [0.2, 0.25) is 0 Å². The highest BCUT2D eigenvalue weighted by atomic mass is 79.9. The van der Waals surface area contributed by atoms with Crippen LogP contribution in [0.3, 0.4) is 0 Å². The lowest BCUT2D eigenvalue weighted by atomic mass is 10.4. The molecule has 0 fully saturated rings. The summed E-state index contributed by atoms with van der Waals surface area (Å²) in [7, 11) is 4.15. The minimum Gasteiger partial charge on any atom is -0.304 e. The van der Waals surface area contributed by atoms with Crippen LogP contribution in [0.5, 0.6) is 0 Å². The number of hydrogen-bond donors (Lipinski definition) is 0. The Balaban J connectivity index is 0.000001000. The molecule has 1 heterocycles. The van der Waals surface area contributed by atoms with Gasteiger partial charge in [-0.25, -0.2) is 0 Å². The summed E-state index contributed by atoms with van der Waals surface area (Å²) in [5, 5.41) is 0. The van der Waals surface area contributed by atoms with Gasteiger partial charge in [-0.1, -0.05) is 0 Å². The minimum atomic E-state index is 0. The highest BCUT2D eigenvalue weighted by Gasteiger charge is 1.97. The van der Waals surface area contributed by atoms with Gasteiger partial charge in [-0.15, -0.1) is 23.7 Å². The van der Waals surface area contributed by atoms with Gasteiger partial charge in [0.2, 0.25) is 0 Å². The minimum absolute atomic E-state index is 0. The molecule has 1 aromatic heterocycles. The first kappa shape index (κ1) is 11.4. The Morgan fingerprint density at radius 1 is 1.45 bits per heavy atom. The zero-order valence-corrected chi connectivity index (χ0v) is 9.72. The summed E-state index contributed by atoms with van der Waals surface area (Å²) in [6.07, 6.45) is 0. The molecule has 0 aliphatic carbocycles. The molecule has 11 heavy (non-hydrogen) atoms. The Kier molecular flexibility index (Phi) is 5.34. The van der Waals surface area contributed by atoms with Gasteiger partial charge in [-0.05, 0) is 42.2 Å². The summed E-state index contributed by atoms with van der Waals surface area (Å²) in [4.78, 5) is 3.56. The number of nitrogens with zero attached hydrogens (tertiary/aromatic N) is 1. The number of rotatable bonds is 2. The lowest BCUT2D eigenvalue weighted by molar-refractivity contribution is 0.406. The lowest BCUT2D eigenvalue weighted by Crippen LogP contribution is -2.09. The SMILES string of the molecule is CN(C)Cc1ccc(Br)s1.Cl. The van der Waals surface area contributed by atoms with Crippen molar-refractivity contribution in [3.8, 4) is 0 Å². The number of thiophene rings is 1. The molecule has 4 heteroatoms. The van der Waals surface area contributed by atoms with Crippen molar-refractivity contribution in [1.29, 1.82) is 0 Å². The van der Waals surface area contributed by atoms with Gasteiger partial charge >= 0.3 is 0 Å². The lowest BCUT2D eigenvalue weighted by Gasteiger charge is -2.05. The van der Waals surface area contributed by atoms with Crippen molar-refractivity contribution < 1.29 is 0 Å². The summed E-state index contributed by atoms with van der Waals surface area (Å²) < 4.78 is 1.21. The van der Waals surface area contributed by atoms with Gasteiger partial charge in [-0.3, -0.25) is 0 Å². The molecule has 1 rings (SSSR count). The van der Waals surface area contributed by atoms with Gasteiger partial charge < -0.3 is 4.90 Å². The summed E-state index contributed by atoms with van der Waals surface area (Å²) in [6, 6.07) is 4.23. The first-order valence-corrected chi connectivity index (χ1v) is 4.68. The van der Waals surface area contributed by atoms with Crippen molar-refractivity contribution in [2.45, 2.75) is 6.54 Å². The topological polar surface area (TPSA) is 3.24 Å². The maximum atomic E-state index is 3.42. The third-order valence-electron chi connectivity index (χ3n) is 1.10. The zero-order chi connectivity index (χ0) is 7.56. The molecule has 0 aromatic carbocycles. The van der Waals surface area contributed by atoms with E-state index in [0.717, 1.165) is 6.54 Å². The summed E-state index contributed by atoms with van der Waals surface area (Å²) in [6.45, 7) is 1.04. The van der Waals surface area contributed by atoms with Crippen LogP contribution in [0.4, 0.5) is 0 Å². The molecule has 0 radical (unpaired) electrons. The molecule has 0 aliphatic rings. The fourth-order valence-electron chi connectivity index (χ4n) is 0.748. The largest absolute Gasteiger partial charge is 0.304 e. The van der Waals surface area contributed by atoms with E-state index in [9.17, 15) is 0 Å². The number of halogens is 2. The predicted octanol–water partition coefficient (Wildman–Crippen LogP) is 2.99. The quantitative estimate of drug-likeness (QED) is 0.786. The van der Waals surface area contributed by atoms with E-state index in [0.29, 0.717) is 0 Å². The monoisotopic (exact) mass is 255 g/mol. The normalized spacial score (nSPS) is 9.82. The van der Waals surface area contributed by atoms with Crippen molar-refractivity contribution in [2.24, 2.45) is 0 Å². The maximum Gasteiger partial charge on any atom is 0.0701 e. The van der Waals surface area contributed by atoms with E-state index in [4.69, 9.17) is 0 Å². The molecule has 0 saturated heterocycles. The Labute approximate surface area is 85.9 Å². The molecule has 0 aliphatic heterocycles. The molecule has 0 unspecified atom stereocenters. The predicted molar refractivity (Wildman–Crippen MR) is 56.7 cm³/mol. The molecule has 0 spiro atoms. The average Bonchev–Trinajstić information content (AvgIpc) is 2.13. The third-order valence-corrected chi connectivity index (χ3v) is 2.71. The molecular formula is C7H11BrClNS. The van der Waals surface area contributed by atoms with Crippen LogP contribution in [-0.2, 0) is 6.54 Å². The molecular weight excluding hydrogens is 246 g/mol. The molecule has 1 nitrogen and oxygen atoms in total. The van der Waals surface area contributed by atoms with E-state index in [2.05, 4.69) is 47.1 Å². The highest BCUT2D eigenvalue weighted by molar-refractivity contribution is 9.11. The van der Waals surface area contributed by atoms with E-state index >= 15 is 0 Å². The third kappa shape index (κ3) is 4.11. The first-order valence-electron chi connectivity index (χ1n) is 3.07. The smallest absolute Gasteiger partial charge is 0.0701 e. The fourth-order valence-corrected chi connectivity index (χ4v) is 2.35. The molecule has 1 aromatic rings. The Hall–Kier alpha value is 0.430. The standard InChI is InChI=1S/C7H10BrNS.ClH/c1-9(2)5-6-3-4-7(8)10-6;/h3-4H,5H2,1-2H3;1H. The van der Waals surface area contributed by atoms with Gasteiger partial charge in [0.25, 0.3) is 0 Å². The second-order valence-corrected chi connectivity index (χ2v) is 4.99. The van der Waals surface area contributed by atoms with E-state index < -0.39 is 0 Å². The molecule has 0 bridgehead atoms. The number of hydrogen-bond acceptors (Lipinski definition) is 2. The maximum absolute atomic E-state index is 3.42. The zero-order valence-electron chi connectivity index (χ0n) is 6.50. The summed E-state index contributed by atoms with van der Waals surface area (Å²) in [5.74, 6) is 0. The van der Waals surface area contributed by atoms with Crippen molar-refractivity contribution in [2.75, 3.05) is 14.1 Å². The van der Waals surface area contributed by atoms with Crippen molar-refractivity contribution >= 4 is 39.7 Å².